The molecule has 2 atom stereocenters. The molecule has 1 aliphatic rings. The van der Waals surface area contributed by atoms with E-state index in [1.807, 2.05) is 0 Å². The van der Waals surface area contributed by atoms with Crippen LogP contribution >= 0.6 is 0 Å². The molecule has 0 aromatic carbocycles. The van der Waals surface area contributed by atoms with Crippen molar-refractivity contribution in [2.45, 2.75) is 71.6 Å². The molecule has 0 aromatic heterocycles. The van der Waals surface area contributed by atoms with E-state index in [0.717, 1.165) is 12.8 Å². The lowest BCUT2D eigenvalue weighted by Crippen LogP contribution is -2.30. The number of rotatable bonds is 8. The third kappa shape index (κ3) is 5.56. The zero-order valence-corrected chi connectivity index (χ0v) is 11.5. The lowest BCUT2D eigenvalue weighted by atomic mass is 9.86. The molecule has 1 fully saturated rings. The molecule has 1 aliphatic heterocycles. The van der Waals surface area contributed by atoms with Gasteiger partial charge in [-0.15, -0.1) is 0 Å². The zero-order valence-electron chi connectivity index (χ0n) is 11.5. The van der Waals surface area contributed by atoms with Crippen molar-refractivity contribution in [3.05, 3.63) is 0 Å². The SMILES string of the molecule is CCCCCC1COC(=O)C(CCCCC)C1. The van der Waals surface area contributed by atoms with Crippen molar-refractivity contribution in [3.63, 3.8) is 0 Å². The van der Waals surface area contributed by atoms with Gasteiger partial charge in [-0.05, 0) is 25.2 Å². The molecule has 0 spiro atoms. The van der Waals surface area contributed by atoms with Crippen molar-refractivity contribution in [2.24, 2.45) is 11.8 Å². The van der Waals surface area contributed by atoms with E-state index in [0.29, 0.717) is 12.5 Å². The highest BCUT2D eigenvalue weighted by Gasteiger charge is 2.29. The van der Waals surface area contributed by atoms with E-state index >= 15 is 0 Å². The van der Waals surface area contributed by atoms with E-state index in [2.05, 4.69) is 13.8 Å². The summed E-state index contributed by atoms with van der Waals surface area (Å²) in [5.74, 6) is 0.889. The molecule has 1 saturated heterocycles. The molecule has 2 nitrogen and oxygen atoms in total. The van der Waals surface area contributed by atoms with Crippen molar-refractivity contribution in [1.29, 1.82) is 0 Å². The molecule has 0 aromatic rings. The highest BCUT2D eigenvalue weighted by atomic mass is 16.5. The molecule has 1 heterocycles. The van der Waals surface area contributed by atoms with Crippen LogP contribution in [0.3, 0.4) is 0 Å². The summed E-state index contributed by atoms with van der Waals surface area (Å²) >= 11 is 0. The molecule has 2 heteroatoms. The van der Waals surface area contributed by atoms with Crippen LogP contribution in [-0.4, -0.2) is 12.6 Å². The first-order valence-electron chi connectivity index (χ1n) is 7.44. The average Bonchev–Trinajstić information content (AvgIpc) is 2.33. The number of hydrogen-bond donors (Lipinski definition) is 0. The summed E-state index contributed by atoms with van der Waals surface area (Å²) in [6, 6.07) is 0. The van der Waals surface area contributed by atoms with E-state index in [1.54, 1.807) is 0 Å². The van der Waals surface area contributed by atoms with Crippen LogP contribution in [0.2, 0.25) is 0 Å². The molecule has 0 saturated carbocycles. The Balaban J connectivity index is 2.24. The van der Waals surface area contributed by atoms with Crippen LogP contribution < -0.4 is 0 Å². The topological polar surface area (TPSA) is 26.3 Å². The summed E-state index contributed by atoms with van der Waals surface area (Å²) in [6.07, 6.45) is 10.9. The van der Waals surface area contributed by atoms with Crippen molar-refractivity contribution in [1.82, 2.24) is 0 Å². The van der Waals surface area contributed by atoms with Gasteiger partial charge >= 0.3 is 5.97 Å². The molecule has 1 rings (SSSR count). The minimum absolute atomic E-state index is 0.0628. The van der Waals surface area contributed by atoms with Gasteiger partial charge < -0.3 is 4.74 Å². The molecule has 0 N–H and O–H groups in total. The van der Waals surface area contributed by atoms with Gasteiger partial charge in [-0.2, -0.15) is 0 Å². The van der Waals surface area contributed by atoms with Crippen LogP contribution in [0.1, 0.15) is 71.6 Å². The highest BCUT2D eigenvalue weighted by molar-refractivity contribution is 5.73. The van der Waals surface area contributed by atoms with Crippen LogP contribution in [0.5, 0.6) is 0 Å². The summed E-state index contributed by atoms with van der Waals surface area (Å²) in [6.45, 7) is 5.11. The molecule has 0 aliphatic carbocycles. The molecule has 0 radical (unpaired) electrons. The fourth-order valence-electron chi connectivity index (χ4n) is 2.65. The van der Waals surface area contributed by atoms with Crippen LogP contribution in [0, 0.1) is 11.8 Å². The number of cyclic esters (lactones) is 1. The Morgan fingerprint density at radius 3 is 2.35 bits per heavy atom. The maximum Gasteiger partial charge on any atom is 0.308 e. The van der Waals surface area contributed by atoms with Crippen molar-refractivity contribution < 1.29 is 9.53 Å². The van der Waals surface area contributed by atoms with Gasteiger partial charge in [0.25, 0.3) is 0 Å². The maximum atomic E-state index is 11.6. The first-order valence-corrected chi connectivity index (χ1v) is 7.44. The number of carbonyl (C=O) groups is 1. The fourth-order valence-corrected chi connectivity index (χ4v) is 2.65. The normalized spacial score (nSPS) is 24.7. The van der Waals surface area contributed by atoms with Crippen molar-refractivity contribution in [3.8, 4) is 0 Å². The van der Waals surface area contributed by atoms with Gasteiger partial charge in [-0.25, -0.2) is 0 Å². The monoisotopic (exact) mass is 240 g/mol. The van der Waals surface area contributed by atoms with Gasteiger partial charge in [-0.1, -0.05) is 52.4 Å². The van der Waals surface area contributed by atoms with Gasteiger partial charge in [0.15, 0.2) is 0 Å². The van der Waals surface area contributed by atoms with Crippen molar-refractivity contribution in [2.75, 3.05) is 6.61 Å². The smallest absolute Gasteiger partial charge is 0.308 e. The third-order valence-electron chi connectivity index (χ3n) is 3.78. The number of esters is 1. The molecule has 2 unspecified atom stereocenters. The van der Waals surface area contributed by atoms with Gasteiger partial charge in [0.1, 0.15) is 0 Å². The minimum Gasteiger partial charge on any atom is -0.465 e. The Morgan fingerprint density at radius 2 is 1.71 bits per heavy atom. The Kier molecular flexibility index (Phi) is 7.30. The Labute approximate surface area is 106 Å². The van der Waals surface area contributed by atoms with E-state index in [4.69, 9.17) is 4.74 Å². The first-order chi connectivity index (χ1) is 8.27. The molecule has 0 amide bonds. The minimum atomic E-state index is 0.0628. The second-order valence-corrected chi connectivity index (χ2v) is 5.42. The second-order valence-electron chi connectivity index (χ2n) is 5.42. The van der Waals surface area contributed by atoms with Crippen LogP contribution in [0.15, 0.2) is 0 Å². The van der Waals surface area contributed by atoms with Gasteiger partial charge in [0.05, 0.1) is 12.5 Å². The quantitative estimate of drug-likeness (QED) is 0.466. The zero-order chi connectivity index (χ0) is 12.5. The molecule has 17 heavy (non-hydrogen) atoms. The first kappa shape index (κ1) is 14.5. The van der Waals surface area contributed by atoms with E-state index in [1.165, 1.54) is 44.9 Å². The summed E-state index contributed by atoms with van der Waals surface area (Å²) in [4.78, 5) is 11.6. The number of carbonyl (C=O) groups excluding carboxylic acids is 1. The standard InChI is InChI=1S/C15H28O2/c1-3-5-7-9-13-11-14(10-8-6-4-2)15(16)17-12-13/h13-14H,3-12H2,1-2H3. The summed E-state index contributed by atoms with van der Waals surface area (Å²) in [5.41, 5.74) is 0. The Hall–Kier alpha value is -0.530. The average molecular weight is 240 g/mol. The molecular weight excluding hydrogens is 212 g/mol. The Morgan fingerprint density at radius 1 is 1.06 bits per heavy atom. The maximum absolute atomic E-state index is 11.6. The molecular formula is C15H28O2. The second kappa shape index (κ2) is 8.54. The molecule has 0 bridgehead atoms. The fraction of sp³-hybridized carbons (Fsp3) is 0.933. The summed E-state index contributed by atoms with van der Waals surface area (Å²) in [5, 5.41) is 0. The van der Waals surface area contributed by atoms with E-state index in [9.17, 15) is 4.79 Å². The van der Waals surface area contributed by atoms with Gasteiger partial charge in [0.2, 0.25) is 0 Å². The van der Waals surface area contributed by atoms with Crippen molar-refractivity contribution >= 4 is 5.97 Å². The largest absolute Gasteiger partial charge is 0.465 e. The summed E-state index contributed by atoms with van der Waals surface area (Å²) < 4.78 is 5.33. The van der Waals surface area contributed by atoms with E-state index in [-0.39, 0.29) is 11.9 Å². The number of ether oxygens (including phenoxy) is 1. The van der Waals surface area contributed by atoms with Crippen LogP contribution in [0.4, 0.5) is 0 Å². The molecule has 100 valence electrons. The third-order valence-corrected chi connectivity index (χ3v) is 3.78. The predicted octanol–water partition coefficient (Wildman–Crippen LogP) is 4.33. The lowest BCUT2D eigenvalue weighted by Gasteiger charge is -2.28. The van der Waals surface area contributed by atoms with Gasteiger partial charge in [-0.3, -0.25) is 4.79 Å². The number of unbranched alkanes of at least 4 members (excludes halogenated alkanes) is 4. The lowest BCUT2D eigenvalue weighted by molar-refractivity contribution is -0.156. The highest BCUT2D eigenvalue weighted by Crippen LogP contribution is 2.28. The summed E-state index contributed by atoms with van der Waals surface area (Å²) in [7, 11) is 0. The number of hydrogen-bond acceptors (Lipinski definition) is 2. The van der Waals surface area contributed by atoms with E-state index < -0.39 is 0 Å². The predicted molar refractivity (Wildman–Crippen MR) is 70.8 cm³/mol. The van der Waals surface area contributed by atoms with Crippen LogP contribution in [0.25, 0.3) is 0 Å². The van der Waals surface area contributed by atoms with Crippen LogP contribution in [-0.2, 0) is 9.53 Å². The van der Waals surface area contributed by atoms with Gasteiger partial charge in [0, 0.05) is 0 Å². The Bertz CT molecular complexity index is 213.